The minimum Gasteiger partial charge on any atom is -0.386 e. The molecule has 0 aliphatic carbocycles. The van der Waals surface area contributed by atoms with Gasteiger partial charge in [0.05, 0.1) is 41.8 Å². The second-order valence-corrected chi connectivity index (χ2v) is 10.2. The van der Waals surface area contributed by atoms with Gasteiger partial charge in [0.15, 0.2) is 0 Å². The van der Waals surface area contributed by atoms with Gasteiger partial charge in [0.25, 0.3) is 5.91 Å². The van der Waals surface area contributed by atoms with Crippen LogP contribution >= 0.6 is 11.6 Å². The number of halogens is 1. The molecule has 1 N–H and O–H groups in total. The van der Waals surface area contributed by atoms with Crippen molar-refractivity contribution in [1.82, 2.24) is 24.4 Å². The summed E-state index contributed by atoms with van der Waals surface area (Å²) in [5.41, 5.74) is 3.43. The largest absolute Gasteiger partial charge is 0.386 e. The first-order valence-corrected chi connectivity index (χ1v) is 11.8. The van der Waals surface area contributed by atoms with Crippen LogP contribution in [0.3, 0.4) is 0 Å². The van der Waals surface area contributed by atoms with Gasteiger partial charge in [0, 0.05) is 51.6 Å². The van der Waals surface area contributed by atoms with Crippen molar-refractivity contribution in [3.63, 3.8) is 0 Å². The van der Waals surface area contributed by atoms with Crippen molar-refractivity contribution in [3.05, 3.63) is 70.8 Å². The zero-order valence-electron chi connectivity index (χ0n) is 21.8. The molecule has 176 valence electrons. The zero-order valence-corrected chi connectivity index (χ0v) is 19.6. The summed E-state index contributed by atoms with van der Waals surface area (Å²) in [5, 5.41) is 10.4. The molecule has 7 rings (SSSR count). The monoisotopic (exact) mass is 489 g/mol. The molecule has 3 aliphatic rings. The Morgan fingerprint density at radius 3 is 2.69 bits per heavy atom. The van der Waals surface area contributed by atoms with Crippen LogP contribution in [-0.2, 0) is 0 Å². The fourth-order valence-corrected chi connectivity index (χ4v) is 5.93. The Bertz CT molecular complexity index is 1630. The molecule has 8 nitrogen and oxygen atoms in total. The molecule has 2 bridgehead atoms. The van der Waals surface area contributed by atoms with E-state index in [1.165, 1.54) is 0 Å². The third-order valence-electron chi connectivity index (χ3n) is 7.24. The summed E-state index contributed by atoms with van der Waals surface area (Å²) >= 11 is 6.64. The zero-order chi connectivity index (χ0) is 26.6. The van der Waals surface area contributed by atoms with Crippen LogP contribution in [0.25, 0.3) is 22.2 Å². The fraction of sp³-hybridized carbons (Fsp3) is 0.308. The number of carbonyl (C=O) groups excluding carboxylic acids is 1. The van der Waals surface area contributed by atoms with Crippen molar-refractivity contribution in [3.8, 4) is 11.1 Å². The molecular weight excluding hydrogens is 464 g/mol. The molecule has 1 fully saturated rings. The van der Waals surface area contributed by atoms with Gasteiger partial charge in [-0.2, -0.15) is 0 Å². The highest BCUT2D eigenvalue weighted by atomic mass is 35.5. The Labute approximate surface area is 211 Å². The van der Waals surface area contributed by atoms with E-state index in [9.17, 15) is 9.90 Å². The topological polar surface area (TPSA) is 87.4 Å². The summed E-state index contributed by atoms with van der Waals surface area (Å²) in [6, 6.07) is 9.80. The van der Waals surface area contributed by atoms with Gasteiger partial charge in [-0.3, -0.25) is 4.79 Å². The van der Waals surface area contributed by atoms with E-state index >= 15 is 0 Å². The first-order chi connectivity index (χ1) is 18.0. The standard InChI is InChI=1S/C26H23ClN6O2/c1-26(35)12-32(13-26)25-28-10-15(11-29-25)14-6-7-18-19(8-14)33-20-9-21(23(33)30-18)31(2)24(34)16-4-3-5-17(27)22(16)20/h3-8,10-11,20-21,35H,9,12-13H2,1-2H3/t20-,21-/m1/s1/i2D3. The number of aliphatic hydroxyl groups is 1. The normalized spacial score (nSPS) is 23.7. The van der Waals surface area contributed by atoms with E-state index in [-0.39, 0.29) is 6.04 Å². The highest BCUT2D eigenvalue weighted by Gasteiger charge is 2.44. The van der Waals surface area contributed by atoms with Gasteiger partial charge in [0.2, 0.25) is 5.95 Å². The number of aromatic nitrogens is 4. The average molecular weight is 490 g/mol. The van der Waals surface area contributed by atoms with Gasteiger partial charge in [-0.05, 0) is 36.8 Å². The molecule has 2 aromatic heterocycles. The first kappa shape index (κ1) is 17.9. The Morgan fingerprint density at radius 1 is 1.14 bits per heavy atom. The van der Waals surface area contributed by atoms with Gasteiger partial charge >= 0.3 is 0 Å². The van der Waals surface area contributed by atoms with Crippen LogP contribution in [0.4, 0.5) is 5.95 Å². The van der Waals surface area contributed by atoms with Crippen molar-refractivity contribution < 1.29 is 14.0 Å². The van der Waals surface area contributed by atoms with Crippen LogP contribution in [0, 0.1) is 0 Å². The number of anilines is 1. The highest BCUT2D eigenvalue weighted by molar-refractivity contribution is 6.32. The number of benzene rings is 2. The summed E-state index contributed by atoms with van der Waals surface area (Å²) in [5.74, 6) is 0.542. The molecule has 4 aromatic rings. The molecule has 35 heavy (non-hydrogen) atoms. The number of nitrogens with zero attached hydrogens (tertiary/aromatic N) is 6. The van der Waals surface area contributed by atoms with Crippen molar-refractivity contribution in [2.24, 2.45) is 0 Å². The van der Waals surface area contributed by atoms with Crippen LogP contribution in [0.2, 0.25) is 5.02 Å². The number of β-amino-alcohol motifs (C(OH)–C–C–N with tert-alkyl or cyclic N) is 1. The molecule has 0 saturated carbocycles. The molecule has 0 radical (unpaired) electrons. The maximum absolute atomic E-state index is 13.5. The van der Waals surface area contributed by atoms with Crippen molar-refractivity contribution in [2.45, 2.75) is 31.0 Å². The molecule has 3 aliphatic heterocycles. The molecule has 2 aromatic carbocycles. The fourth-order valence-electron chi connectivity index (χ4n) is 5.63. The van der Waals surface area contributed by atoms with Crippen LogP contribution < -0.4 is 4.90 Å². The van der Waals surface area contributed by atoms with Crippen molar-refractivity contribution >= 4 is 34.5 Å². The van der Waals surface area contributed by atoms with Crippen LogP contribution in [0.5, 0.6) is 0 Å². The van der Waals surface area contributed by atoms with Crippen molar-refractivity contribution in [1.29, 1.82) is 0 Å². The Morgan fingerprint density at radius 2 is 1.94 bits per heavy atom. The lowest BCUT2D eigenvalue weighted by Gasteiger charge is -2.44. The number of imidazole rings is 1. The van der Waals surface area contributed by atoms with E-state index in [1.807, 2.05) is 27.7 Å². The number of fused-ring (bicyclic) bond motifs is 9. The Hall–Kier alpha value is -3.49. The molecular formula is C26H23ClN6O2. The van der Waals surface area contributed by atoms with E-state index in [0.717, 1.165) is 21.5 Å². The first-order valence-electron chi connectivity index (χ1n) is 13.0. The highest BCUT2D eigenvalue weighted by Crippen LogP contribution is 2.49. The summed E-state index contributed by atoms with van der Waals surface area (Å²) in [4.78, 5) is 30.1. The molecule has 2 atom stereocenters. The van der Waals surface area contributed by atoms with Gasteiger partial charge in [-0.25, -0.2) is 15.0 Å². The summed E-state index contributed by atoms with van der Waals surface area (Å²) in [6.45, 7) is 0.121. The number of rotatable bonds is 2. The number of carbonyl (C=O) groups is 1. The third-order valence-corrected chi connectivity index (χ3v) is 7.57. The van der Waals surface area contributed by atoms with Gasteiger partial charge in [-0.15, -0.1) is 0 Å². The Balaban J connectivity index is 1.35. The van der Waals surface area contributed by atoms with Gasteiger partial charge in [0.1, 0.15) is 5.82 Å². The van der Waals surface area contributed by atoms with Crippen LogP contribution in [0.1, 0.15) is 51.3 Å². The maximum atomic E-state index is 13.5. The molecule has 9 heteroatoms. The Kier molecular flexibility index (Phi) is 3.59. The lowest BCUT2D eigenvalue weighted by atomic mass is 9.98. The summed E-state index contributed by atoms with van der Waals surface area (Å²) in [6.07, 6.45) is 3.88. The molecule has 0 spiro atoms. The average Bonchev–Trinajstić information content (AvgIpc) is 3.34. The van der Waals surface area contributed by atoms with E-state index < -0.39 is 24.5 Å². The van der Waals surface area contributed by atoms with Crippen LogP contribution in [0.15, 0.2) is 48.8 Å². The van der Waals surface area contributed by atoms with Crippen LogP contribution in [-0.4, -0.2) is 61.1 Å². The number of hydrogen-bond acceptors (Lipinski definition) is 6. The lowest BCUT2D eigenvalue weighted by Crippen LogP contribution is -2.60. The van der Waals surface area contributed by atoms with E-state index in [2.05, 4.69) is 9.97 Å². The smallest absolute Gasteiger partial charge is 0.254 e. The number of hydrogen-bond donors (Lipinski definition) is 1. The predicted octanol–water partition coefficient (Wildman–Crippen LogP) is 3.84. The quantitative estimate of drug-likeness (QED) is 0.460. The summed E-state index contributed by atoms with van der Waals surface area (Å²) < 4.78 is 26.5. The van der Waals surface area contributed by atoms with E-state index in [1.54, 1.807) is 37.5 Å². The minimum atomic E-state index is -2.64. The minimum absolute atomic E-state index is 0.304. The van der Waals surface area contributed by atoms with Gasteiger partial charge in [-0.1, -0.05) is 23.7 Å². The molecule has 1 saturated heterocycles. The molecule has 5 heterocycles. The second kappa shape index (κ2) is 7.02. The number of amides is 1. The SMILES string of the molecule is [2H]C([2H])([2H])N1C(=O)c2cccc(Cl)c2[C@H]2C[C@@H]1c1nc3ccc(-c4cnc(N5CC(C)(O)C5)nc4)cc3n12. The molecule has 1 amide bonds. The predicted molar refractivity (Wildman–Crippen MR) is 133 cm³/mol. The lowest BCUT2D eigenvalue weighted by molar-refractivity contribution is 0.0300. The molecule has 0 unspecified atom stereocenters. The van der Waals surface area contributed by atoms with Crippen molar-refractivity contribution in [2.75, 3.05) is 25.0 Å². The second-order valence-electron chi connectivity index (χ2n) is 9.81. The van der Waals surface area contributed by atoms with Gasteiger partial charge < -0.3 is 19.5 Å². The maximum Gasteiger partial charge on any atom is 0.254 e. The van der Waals surface area contributed by atoms with E-state index in [0.29, 0.717) is 52.9 Å². The van der Waals surface area contributed by atoms with E-state index in [4.69, 9.17) is 20.7 Å². The third kappa shape index (κ3) is 2.96. The summed E-state index contributed by atoms with van der Waals surface area (Å²) in [7, 11) is 0.